The van der Waals surface area contributed by atoms with Crippen molar-refractivity contribution in [1.82, 2.24) is 0 Å². The van der Waals surface area contributed by atoms with Gasteiger partial charge < -0.3 is 9.64 Å². The van der Waals surface area contributed by atoms with E-state index in [4.69, 9.17) is 4.74 Å². The van der Waals surface area contributed by atoms with E-state index in [-0.39, 0.29) is 22.8 Å². The van der Waals surface area contributed by atoms with Gasteiger partial charge in [-0.05, 0) is 32.9 Å². The van der Waals surface area contributed by atoms with Crippen LogP contribution in [0.3, 0.4) is 0 Å². The lowest BCUT2D eigenvalue weighted by molar-refractivity contribution is -0.385. The lowest BCUT2D eigenvalue weighted by Crippen LogP contribution is -2.45. The molecule has 18 heavy (non-hydrogen) atoms. The first-order valence-electron chi connectivity index (χ1n) is 6.13. The van der Waals surface area contributed by atoms with Gasteiger partial charge in [-0.2, -0.15) is 0 Å². The quantitative estimate of drug-likeness (QED) is 0.598. The van der Waals surface area contributed by atoms with Gasteiger partial charge >= 0.3 is 0 Å². The molecule has 2 atom stereocenters. The van der Waals surface area contributed by atoms with E-state index in [1.54, 1.807) is 13.0 Å². The molecule has 0 aromatic heterocycles. The van der Waals surface area contributed by atoms with Crippen LogP contribution in [0, 0.1) is 17.0 Å². The normalized spacial score (nSPS) is 24.1. The fourth-order valence-corrected chi connectivity index (χ4v) is 2.43. The molecule has 0 bridgehead atoms. The van der Waals surface area contributed by atoms with Gasteiger partial charge in [0.15, 0.2) is 0 Å². The largest absolute Gasteiger partial charge is 0.372 e. The molecule has 1 aliphatic rings. The smallest absolute Gasteiger partial charge is 0.272 e. The molecular formula is C13H18N2O3. The molecule has 2 rings (SSSR count). The second kappa shape index (κ2) is 4.94. The summed E-state index contributed by atoms with van der Waals surface area (Å²) in [5, 5.41) is 10.8. The Bertz CT molecular complexity index is 452. The van der Waals surface area contributed by atoms with Crippen LogP contribution in [0.1, 0.15) is 19.4 Å². The minimum absolute atomic E-state index is 0.174. The minimum atomic E-state index is -0.344. The van der Waals surface area contributed by atoms with Crippen LogP contribution in [-0.2, 0) is 4.74 Å². The van der Waals surface area contributed by atoms with Gasteiger partial charge in [0, 0.05) is 30.4 Å². The van der Waals surface area contributed by atoms with Gasteiger partial charge in [0.2, 0.25) is 0 Å². The number of aryl methyl sites for hydroxylation is 1. The standard InChI is InChI=1S/C13H18N2O3/c1-9-6-12(4-5-13(9)15(16)17)14-7-10(2)18-11(3)8-14/h4-6,10-11H,7-8H2,1-3H3/t10-,11+. The summed E-state index contributed by atoms with van der Waals surface area (Å²) in [6.07, 6.45) is 0.369. The van der Waals surface area contributed by atoms with E-state index in [0.717, 1.165) is 18.8 Å². The van der Waals surface area contributed by atoms with Crippen molar-refractivity contribution < 1.29 is 9.66 Å². The number of ether oxygens (including phenoxy) is 1. The lowest BCUT2D eigenvalue weighted by atomic mass is 10.1. The number of morpholine rings is 1. The molecule has 1 heterocycles. The average molecular weight is 250 g/mol. The molecule has 1 saturated heterocycles. The summed E-state index contributed by atoms with van der Waals surface area (Å²) in [5.41, 5.74) is 1.90. The third kappa shape index (κ3) is 2.61. The summed E-state index contributed by atoms with van der Waals surface area (Å²) in [6.45, 7) is 7.50. The Morgan fingerprint density at radius 2 is 1.94 bits per heavy atom. The van der Waals surface area contributed by atoms with Gasteiger partial charge in [-0.25, -0.2) is 0 Å². The maximum absolute atomic E-state index is 10.8. The lowest BCUT2D eigenvalue weighted by Gasteiger charge is -2.36. The summed E-state index contributed by atoms with van der Waals surface area (Å²) in [6, 6.07) is 5.27. The monoisotopic (exact) mass is 250 g/mol. The van der Waals surface area contributed by atoms with Crippen molar-refractivity contribution >= 4 is 11.4 Å². The average Bonchev–Trinajstić information content (AvgIpc) is 2.26. The highest BCUT2D eigenvalue weighted by Crippen LogP contribution is 2.26. The van der Waals surface area contributed by atoms with Crippen LogP contribution >= 0.6 is 0 Å². The van der Waals surface area contributed by atoms with Crippen LogP contribution < -0.4 is 4.90 Å². The third-order valence-corrected chi connectivity index (χ3v) is 3.16. The predicted molar refractivity (Wildman–Crippen MR) is 70.1 cm³/mol. The number of anilines is 1. The molecule has 0 aliphatic carbocycles. The Labute approximate surface area is 107 Å². The van der Waals surface area contributed by atoms with Crippen LogP contribution in [0.15, 0.2) is 18.2 Å². The highest BCUT2D eigenvalue weighted by Gasteiger charge is 2.23. The van der Waals surface area contributed by atoms with Gasteiger partial charge in [-0.15, -0.1) is 0 Å². The number of nitro benzene ring substituents is 1. The van der Waals surface area contributed by atoms with Crippen molar-refractivity contribution in [2.24, 2.45) is 0 Å². The molecule has 1 fully saturated rings. The minimum Gasteiger partial charge on any atom is -0.372 e. The van der Waals surface area contributed by atoms with E-state index in [1.807, 2.05) is 26.0 Å². The van der Waals surface area contributed by atoms with Crippen LogP contribution in [0.25, 0.3) is 0 Å². The number of benzene rings is 1. The van der Waals surface area contributed by atoms with Gasteiger partial charge in [0.05, 0.1) is 17.1 Å². The first-order valence-corrected chi connectivity index (χ1v) is 6.13. The van der Waals surface area contributed by atoms with Gasteiger partial charge in [0.1, 0.15) is 0 Å². The van der Waals surface area contributed by atoms with Gasteiger partial charge in [-0.1, -0.05) is 0 Å². The van der Waals surface area contributed by atoms with E-state index in [1.165, 1.54) is 0 Å². The molecule has 1 aliphatic heterocycles. The number of hydrogen-bond acceptors (Lipinski definition) is 4. The second-order valence-corrected chi connectivity index (χ2v) is 4.89. The molecular weight excluding hydrogens is 232 g/mol. The molecule has 5 heteroatoms. The zero-order chi connectivity index (χ0) is 13.3. The van der Waals surface area contributed by atoms with Gasteiger partial charge in [-0.3, -0.25) is 10.1 Å². The maximum Gasteiger partial charge on any atom is 0.272 e. The van der Waals surface area contributed by atoms with Crippen LogP contribution in [0.5, 0.6) is 0 Å². The Morgan fingerprint density at radius 3 is 2.44 bits per heavy atom. The van der Waals surface area contributed by atoms with E-state index in [0.29, 0.717) is 5.56 Å². The van der Waals surface area contributed by atoms with Crippen LogP contribution in [-0.4, -0.2) is 30.2 Å². The van der Waals surface area contributed by atoms with Crippen LogP contribution in [0.4, 0.5) is 11.4 Å². The summed E-state index contributed by atoms with van der Waals surface area (Å²) in [5.74, 6) is 0. The highest BCUT2D eigenvalue weighted by atomic mass is 16.6. The SMILES string of the molecule is Cc1cc(N2C[C@@H](C)O[C@@H](C)C2)ccc1[N+](=O)[O-]. The zero-order valence-electron chi connectivity index (χ0n) is 10.9. The number of nitro groups is 1. The molecule has 0 unspecified atom stereocenters. The molecule has 1 aromatic carbocycles. The zero-order valence-corrected chi connectivity index (χ0v) is 10.9. The fraction of sp³-hybridized carbons (Fsp3) is 0.538. The summed E-state index contributed by atoms with van der Waals surface area (Å²) >= 11 is 0. The van der Waals surface area contributed by atoms with Crippen molar-refractivity contribution in [2.75, 3.05) is 18.0 Å². The number of rotatable bonds is 2. The first-order chi connectivity index (χ1) is 8.47. The third-order valence-electron chi connectivity index (χ3n) is 3.16. The molecule has 1 aromatic rings. The molecule has 5 nitrogen and oxygen atoms in total. The predicted octanol–water partition coefficient (Wildman–Crippen LogP) is 2.52. The van der Waals surface area contributed by atoms with Crippen molar-refractivity contribution in [3.05, 3.63) is 33.9 Å². The molecule has 0 spiro atoms. The van der Waals surface area contributed by atoms with E-state index >= 15 is 0 Å². The Balaban J connectivity index is 2.23. The summed E-state index contributed by atoms with van der Waals surface area (Å²) < 4.78 is 5.68. The number of hydrogen-bond donors (Lipinski definition) is 0. The Hall–Kier alpha value is -1.62. The number of nitrogens with zero attached hydrogens (tertiary/aromatic N) is 2. The first kappa shape index (κ1) is 12.8. The summed E-state index contributed by atoms with van der Waals surface area (Å²) in [4.78, 5) is 12.7. The van der Waals surface area contributed by atoms with E-state index < -0.39 is 0 Å². The van der Waals surface area contributed by atoms with Crippen molar-refractivity contribution in [2.45, 2.75) is 33.0 Å². The topological polar surface area (TPSA) is 55.6 Å². The highest BCUT2D eigenvalue weighted by molar-refractivity contribution is 5.55. The summed E-state index contributed by atoms with van der Waals surface area (Å²) in [7, 11) is 0. The molecule has 0 saturated carbocycles. The van der Waals surface area contributed by atoms with E-state index in [9.17, 15) is 10.1 Å². The van der Waals surface area contributed by atoms with Gasteiger partial charge in [0.25, 0.3) is 5.69 Å². The fourth-order valence-electron chi connectivity index (χ4n) is 2.43. The second-order valence-electron chi connectivity index (χ2n) is 4.89. The molecule has 0 radical (unpaired) electrons. The van der Waals surface area contributed by atoms with Crippen molar-refractivity contribution in [3.8, 4) is 0 Å². The van der Waals surface area contributed by atoms with Crippen molar-refractivity contribution in [1.29, 1.82) is 0 Å². The Morgan fingerprint density at radius 1 is 1.33 bits per heavy atom. The molecule has 0 amide bonds. The Kier molecular flexibility index (Phi) is 3.52. The van der Waals surface area contributed by atoms with Crippen LogP contribution in [0.2, 0.25) is 0 Å². The van der Waals surface area contributed by atoms with Crippen molar-refractivity contribution in [3.63, 3.8) is 0 Å². The maximum atomic E-state index is 10.8. The molecule has 98 valence electrons. The molecule has 0 N–H and O–H groups in total. The van der Waals surface area contributed by atoms with E-state index in [2.05, 4.69) is 4.90 Å².